The number of Topliss-reactive ketones (excluding diaryl/α,β-unsaturated/α-hetero) is 1. The number of likely N-dealkylation sites (tertiary alicyclic amines) is 1. The first-order chi connectivity index (χ1) is 15.9. The molecule has 0 aliphatic carbocycles. The minimum atomic E-state index is -0.814. The number of carbonyl (C=O) groups excluding carboxylic acids is 2. The maximum Gasteiger partial charge on any atom is 0.295 e. The van der Waals surface area contributed by atoms with Crippen molar-refractivity contribution in [2.45, 2.75) is 19.9 Å². The van der Waals surface area contributed by atoms with E-state index in [1.807, 2.05) is 6.92 Å². The maximum absolute atomic E-state index is 13.1. The number of ketones is 1. The van der Waals surface area contributed by atoms with Crippen LogP contribution in [0.25, 0.3) is 5.76 Å². The highest BCUT2D eigenvalue weighted by molar-refractivity contribution is 6.46. The normalized spacial score (nSPS) is 17.4. The maximum atomic E-state index is 13.1. The van der Waals surface area contributed by atoms with Crippen molar-refractivity contribution in [2.75, 3.05) is 41.1 Å². The van der Waals surface area contributed by atoms with E-state index in [0.29, 0.717) is 40.5 Å². The largest absolute Gasteiger partial charge is 0.507 e. The summed E-state index contributed by atoms with van der Waals surface area (Å²) in [6.45, 7) is 4.54. The summed E-state index contributed by atoms with van der Waals surface area (Å²) in [5, 5.41) is 11.2. The van der Waals surface area contributed by atoms with Crippen LogP contribution in [0.4, 0.5) is 0 Å². The van der Waals surface area contributed by atoms with Gasteiger partial charge in [-0.15, -0.1) is 0 Å². The molecule has 0 bridgehead atoms. The quantitative estimate of drug-likeness (QED) is 0.351. The number of rotatable bonds is 9. The first-order valence-corrected chi connectivity index (χ1v) is 10.6. The number of benzene rings is 2. The van der Waals surface area contributed by atoms with E-state index in [1.54, 1.807) is 50.4 Å². The summed E-state index contributed by atoms with van der Waals surface area (Å²) in [4.78, 5) is 27.5. The van der Waals surface area contributed by atoms with Crippen molar-refractivity contribution in [3.05, 3.63) is 58.7 Å². The molecular formula is C25H29NO7. The van der Waals surface area contributed by atoms with Crippen molar-refractivity contribution in [1.82, 2.24) is 4.90 Å². The molecule has 1 aliphatic rings. The number of hydrogen-bond donors (Lipinski definition) is 1. The van der Waals surface area contributed by atoms with Crippen LogP contribution in [-0.2, 0) is 14.3 Å². The molecule has 1 aliphatic heterocycles. The molecule has 1 heterocycles. The Morgan fingerprint density at radius 1 is 1.03 bits per heavy atom. The van der Waals surface area contributed by atoms with Crippen LogP contribution in [0.1, 0.15) is 29.7 Å². The van der Waals surface area contributed by atoms with Crippen LogP contribution in [0, 0.1) is 6.92 Å². The Balaban J connectivity index is 2.20. The topological polar surface area (TPSA) is 94.5 Å². The van der Waals surface area contributed by atoms with Crippen LogP contribution in [0.15, 0.2) is 42.0 Å². The second-order valence-corrected chi connectivity index (χ2v) is 7.51. The molecule has 33 heavy (non-hydrogen) atoms. The monoisotopic (exact) mass is 455 g/mol. The Morgan fingerprint density at radius 2 is 1.79 bits per heavy atom. The van der Waals surface area contributed by atoms with Crippen molar-refractivity contribution in [3.63, 3.8) is 0 Å². The summed E-state index contributed by atoms with van der Waals surface area (Å²) in [5.41, 5.74) is 1.77. The van der Waals surface area contributed by atoms with Crippen LogP contribution in [0.2, 0.25) is 0 Å². The highest BCUT2D eigenvalue weighted by Gasteiger charge is 2.46. The number of amides is 1. The van der Waals surface area contributed by atoms with Gasteiger partial charge in [0.25, 0.3) is 11.7 Å². The lowest BCUT2D eigenvalue weighted by Crippen LogP contribution is -2.32. The van der Waals surface area contributed by atoms with Gasteiger partial charge in [-0.05, 0) is 55.3 Å². The molecule has 8 nitrogen and oxygen atoms in total. The number of aryl methyl sites for hydroxylation is 1. The van der Waals surface area contributed by atoms with E-state index in [1.165, 1.54) is 19.1 Å². The van der Waals surface area contributed by atoms with Crippen LogP contribution in [0.3, 0.4) is 0 Å². The first kappa shape index (κ1) is 24.1. The summed E-state index contributed by atoms with van der Waals surface area (Å²) < 4.78 is 21.4. The molecule has 0 spiro atoms. The molecule has 0 aromatic heterocycles. The van der Waals surface area contributed by atoms with Gasteiger partial charge in [-0.1, -0.05) is 6.07 Å². The third-order valence-electron chi connectivity index (χ3n) is 5.57. The average molecular weight is 456 g/mol. The second-order valence-electron chi connectivity index (χ2n) is 7.51. The predicted molar refractivity (Wildman–Crippen MR) is 123 cm³/mol. The lowest BCUT2D eigenvalue weighted by Gasteiger charge is -2.26. The number of aliphatic hydroxyl groups excluding tert-OH is 1. The van der Waals surface area contributed by atoms with E-state index in [4.69, 9.17) is 18.9 Å². The van der Waals surface area contributed by atoms with Gasteiger partial charge in [-0.3, -0.25) is 9.59 Å². The lowest BCUT2D eigenvalue weighted by molar-refractivity contribution is -0.140. The van der Waals surface area contributed by atoms with Crippen molar-refractivity contribution >= 4 is 17.4 Å². The Bertz CT molecular complexity index is 1080. The van der Waals surface area contributed by atoms with E-state index in [0.717, 1.165) is 0 Å². The predicted octanol–water partition coefficient (Wildman–Crippen LogP) is 3.48. The van der Waals surface area contributed by atoms with Gasteiger partial charge in [0.2, 0.25) is 0 Å². The lowest BCUT2D eigenvalue weighted by atomic mass is 9.93. The summed E-state index contributed by atoms with van der Waals surface area (Å²) in [5.74, 6) is -0.0612. The van der Waals surface area contributed by atoms with Gasteiger partial charge >= 0.3 is 0 Å². The van der Waals surface area contributed by atoms with Crippen molar-refractivity contribution < 1.29 is 33.6 Å². The van der Waals surface area contributed by atoms with Crippen molar-refractivity contribution in [1.29, 1.82) is 0 Å². The highest BCUT2D eigenvalue weighted by atomic mass is 16.5. The molecule has 1 saturated heterocycles. The molecule has 0 radical (unpaired) electrons. The van der Waals surface area contributed by atoms with Gasteiger partial charge in [-0.2, -0.15) is 0 Å². The van der Waals surface area contributed by atoms with Gasteiger partial charge in [0.15, 0.2) is 11.5 Å². The minimum Gasteiger partial charge on any atom is -0.507 e. The van der Waals surface area contributed by atoms with Crippen LogP contribution in [-0.4, -0.2) is 62.8 Å². The summed E-state index contributed by atoms with van der Waals surface area (Å²) in [6, 6.07) is 9.51. The SMILES string of the molecule is CCOc1ccc(C2/C(=C(\O)c3ccc(OC)cc3C)C(=O)C(=O)N2CCOC)cc1OC. The molecule has 8 heteroatoms. The highest BCUT2D eigenvalue weighted by Crippen LogP contribution is 2.42. The van der Waals surface area contributed by atoms with E-state index in [2.05, 4.69) is 0 Å². The van der Waals surface area contributed by atoms with E-state index < -0.39 is 17.7 Å². The van der Waals surface area contributed by atoms with Crippen LogP contribution < -0.4 is 14.2 Å². The molecule has 2 aromatic carbocycles. The van der Waals surface area contributed by atoms with Gasteiger partial charge in [0, 0.05) is 19.2 Å². The number of nitrogens with zero attached hydrogens (tertiary/aromatic N) is 1. The second kappa shape index (κ2) is 10.4. The fourth-order valence-corrected chi connectivity index (χ4v) is 3.95. The molecule has 1 atom stereocenters. The van der Waals surface area contributed by atoms with Gasteiger partial charge in [-0.25, -0.2) is 0 Å². The standard InChI is InChI=1S/C25H29NO7/c1-6-33-19-10-7-16(14-20(19)32-5)22-21(24(28)25(29)26(22)11-12-30-3)23(27)18-9-8-17(31-4)13-15(18)2/h7-10,13-14,22,27H,6,11-12H2,1-5H3/b23-21+. The Kier molecular flexibility index (Phi) is 7.60. The minimum absolute atomic E-state index is 0.00980. The fourth-order valence-electron chi connectivity index (χ4n) is 3.95. The zero-order valence-corrected chi connectivity index (χ0v) is 19.5. The molecule has 1 unspecified atom stereocenters. The molecular weight excluding hydrogens is 426 g/mol. The summed E-state index contributed by atoms with van der Waals surface area (Å²) in [7, 11) is 4.59. The van der Waals surface area contributed by atoms with Crippen molar-refractivity contribution in [2.24, 2.45) is 0 Å². The van der Waals surface area contributed by atoms with Crippen molar-refractivity contribution in [3.8, 4) is 17.2 Å². The van der Waals surface area contributed by atoms with Crippen LogP contribution in [0.5, 0.6) is 17.2 Å². The smallest absolute Gasteiger partial charge is 0.295 e. The molecule has 1 amide bonds. The molecule has 176 valence electrons. The molecule has 0 saturated carbocycles. The zero-order valence-electron chi connectivity index (χ0n) is 19.5. The molecule has 1 fully saturated rings. The summed E-state index contributed by atoms with van der Waals surface area (Å²) in [6.07, 6.45) is 0. The average Bonchev–Trinajstić information content (AvgIpc) is 3.07. The molecule has 3 rings (SSSR count). The zero-order chi connectivity index (χ0) is 24.1. The van der Waals surface area contributed by atoms with Gasteiger partial charge < -0.3 is 29.0 Å². The first-order valence-electron chi connectivity index (χ1n) is 10.6. The number of hydrogen-bond acceptors (Lipinski definition) is 7. The number of ether oxygens (including phenoxy) is 4. The number of aliphatic hydroxyl groups is 1. The van der Waals surface area contributed by atoms with E-state index in [-0.39, 0.29) is 24.5 Å². The Morgan fingerprint density at radius 3 is 2.39 bits per heavy atom. The van der Waals surface area contributed by atoms with Crippen LogP contribution >= 0.6 is 0 Å². The van der Waals surface area contributed by atoms with E-state index in [9.17, 15) is 14.7 Å². The third kappa shape index (κ3) is 4.66. The Labute approximate surface area is 193 Å². The van der Waals surface area contributed by atoms with Gasteiger partial charge in [0.05, 0.1) is 39.0 Å². The number of methoxy groups -OCH3 is 3. The summed E-state index contributed by atoms with van der Waals surface area (Å²) >= 11 is 0. The molecule has 1 N–H and O–H groups in total. The Hall–Kier alpha value is -3.52. The van der Waals surface area contributed by atoms with Gasteiger partial charge in [0.1, 0.15) is 11.5 Å². The fraction of sp³-hybridized carbons (Fsp3) is 0.360. The number of carbonyl (C=O) groups is 2. The van der Waals surface area contributed by atoms with E-state index >= 15 is 0 Å². The third-order valence-corrected chi connectivity index (χ3v) is 5.57. The molecule has 2 aromatic rings.